The molecule has 6 nitrogen and oxygen atoms in total. The Bertz CT molecular complexity index is 2870. The Morgan fingerprint density at radius 2 is 0.839 bits per heavy atom. The Balaban J connectivity index is 1.48. The van der Waals surface area contributed by atoms with Crippen LogP contribution >= 0.6 is 7.75 Å². The smallest absolute Gasteiger partial charge is 0.403 e. The van der Waals surface area contributed by atoms with Crippen LogP contribution < -0.4 is 13.5 Å². The molecule has 9 rings (SSSR count). The van der Waals surface area contributed by atoms with Gasteiger partial charge in [0.2, 0.25) is 0 Å². The summed E-state index contributed by atoms with van der Waals surface area (Å²) in [6.45, 7) is 7.57. The number of halogens is 3. The van der Waals surface area contributed by atoms with Crippen molar-refractivity contribution in [2.45, 2.75) is 33.2 Å². The highest BCUT2D eigenvalue weighted by Crippen LogP contribution is 2.62. The summed E-state index contributed by atoms with van der Waals surface area (Å²) in [6, 6.07) is 38.5. The Hall–Kier alpha value is -5.67. The molecule has 0 aromatic heterocycles. The Labute approximate surface area is 321 Å². The van der Waals surface area contributed by atoms with E-state index in [1.807, 2.05) is 149 Å². The second kappa shape index (κ2) is 12.7. The summed E-state index contributed by atoms with van der Waals surface area (Å²) in [5.41, 5.74) is 0.229. The zero-order valence-corrected chi connectivity index (χ0v) is 32.3. The van der Waals surface area contributed by atoms with Gasteiger partial charge in [-0.05, 0) is 117 Å². The van der Waals surface area contributed by atoms with Crippen molar-refractivity contribution >= 4 is 60.9 Å². The number of sulfonamides is 1. The first-order chi connectivity index (χ1) is 26.7. The van der Waals surface area contributed by atoms with E-state index in [4.69, 9.17) is 9.05 Å². The van der Waals surface area contributed by atoms with Gasteiger partial charge in [-0.1, -0.05) is 102 Å². The Morgan fingerprint density at radius 3 is 1.16 bits per heavy atom. The molecule has 1 heterocycles. The minimum absolute atomic E-state index is 0.0657. The first kappa shape index (κ1) is 36.0. The lowest BCUT2D eigenvalue weighted by Gasteiger charge is -2.23. The first-order valence-electron chi connectivity index (χ1n) is 17.9. The normalized spacial score (nSPS) is 14.0. The molecule has 56 heavy (non-hydrogen) atoms. The molecule has 8 aromatic rings. The molecule has 0 spiro atoms. The van der Waals surface area contributed by atoms with Crippen molar-refractivity contribution in [2.75, 3.05) is 0 Å². The number of nitrogens with one attached hydrogen (secondary N) is 1. The van der Waals surface area contributed by atoms with Gasteiger partial charge in [0, 0.05) is 33.4 Å². The summed E-state index contributed by atoms with van der Waals surface area (Å²) >= 11 is 0. The van der Waals surface area contributed by atoms with Gasteiger partial charge >= 0.3 is 23.3 Å². The molecule has 0 bridgehead atoms. The van der Waals surface area contributed by atoms with Gasteiger partial charge in [0.05, 0.1) is 0 Å². The molecule has 0 fully saturated rings. The van der Waals surface area contributed by atoms with Crippen LogP contribution in [0.25, 0.3) is 76.5 Å². The maximum absolute atomic E-state index is 15.2. The third kappa shape index (κ3) is 5.58. The van der Waals surface area contributed by atoms with Crippen LogP contribution in [0.3, 0.4) is 0 Å². The van der Waals surface area contributed by atoms with E-state index in [2.05, 4.69) is 0 Å². The zero-order valence-electron chi connectivity index (χ0n) is 30.6. The fourth-order valence-electron chi connectivity index (χ4n) is 8.05. The van der Waals surface area contributed by atoms with E-state index in [0.717, 1.165) is 54.2 Å². The van der Waals surface area contributed by atoms with Gasteiger partial charge < -0.3 is 9.05 Å². The SMILES string of the molecule is Cc1cc(-c2c3ccccc3cc3ccccc23)c2c(c1C)-c1c(C)c(C)cc(-c3c4ccccc4cc4ccccc34)c1OP(=O)(NS(=O)(=O)C(F)(F)F)O2. The lowest BCUT2D eigenvalue weighted by Crippen LogP contribution is -2.36. The molecule has 280 valence electrons. The summed E-state index contributed by atoms with van der Waals surface area (Å²) in [5.74, 6) is -0.131. The van der Waals surface area contributed by atoms with Crippen LogP contribution in [0.15, 0.2) is 121 Å². The molecular weight excluding hydrogens is 755 g/mol. The molecule has 1 aliphatic rings. The van der Waals surface area contributed by atoms with Gasteiger partial charge in [-0.2, -0.15) is 13.2 Å². The predicted octanol–water partition coefficient (Wildman–Crippen LogP) is 12.9. The van der Waals surface area contributed by atoms with Crippen LogP contribution in [0, 0.1) is 27.7 Å². The second-order valence-corrected chi connectivity index (χ2v) is 17.8. The largest absolute Gasteiger partial charge is 0.526 e. The van der Waals surface area contributed by atoms with Crippen molar-refractivity contribution in [1.82, 2.24) is 4.49 Å². The van der Waals surface area contributed by atoms with Crippen LogP contribution in [0.5, 0.6) is 11.5 Å². The number of alkyl halides is 3. The number of aryl methyl sites for hydroxylation is 2. The highest BCUT2D eigenvalue weighted by Gasteiger charge is 2.53. The average Bonchev–Trinajstić information content (AvgIpc) is 3.29. The van der Waals surface area contributed by atoms with Crippen molar-refractivity contribution < 1.29 is 35.2 Å². The second-order valence-electron chi connectivity index (χ2n) is 14.2. The maximum atomic E-state index is 15.2. The highest BCUT2D eigenvalue weighted by atomic mass is 32.2. The molecule has 0 saturated heterocycles. The van der Waals surface area contributed by atoms with E-state index in [1.165, 1.54) is 4.49 Å². The summed E-state index contributed by atoms with van der Waals surface area (Å²) in [6.07, 6.45) is 0. The molecule has 8 aromatic carbocycles. The maximum Gasteiger partial charge on any atom is 0.526 e. The molecule has 11 heteroatoms. The quantitative estimate of drug-likeness (QED) is 0.142. The van der Waals surface area contributed by atoms with E-state index < -0.39 is 23.3 Å². The number of benzene rings is 8. The number of rotatable bonds is 4. The van der Waals surface area contributed by atoms with Crippen LogP contribution in [0.1, 0.15) is 22.3 Å². The van der Waals surface area contributed by atoms with Crippen LogP contribution in [0.2, 0.25) is 0 Å². The van der Waals surface area contributed by atoms with Crippen molar-refractivity contribution in [2.24, 2.45) is 0 Å². The van der Waals surface area contributed by atoms with Gasteiger partial charge in [0.1, 0.15) is 11.5 Å². The lowest BCUT2D eigenvalue weighted by atomic mass is 9.82. The van der Waals surface area contributed by atoms with Crippen molar-refractivity contribution in [3.63, 3.8) is 0 Å². The van der Waals surface area contributed by atoms with Crippen molar-refractivity contribution in [1.29, 1.82) is 0 Å². The molecule has 0 aliphatic carbocycles. The molecule has 0 radical (unpaired) electrons. The van der Waals surface area contributed by atoms with E-state index in [1.54, 1.807) is 0 Å². The van der Waals surface area contributed by atoms with Gasteiger partial charge in [-0.3, -0.25) is 0 Å². The Kier molecular flexibility index (Phi) is 8.15. The van der Waals surface area contributed by atoms with E-state index in [0.29, 0.717) is 44.5 Å². The lowest BCUT2D eigenvalue weighted by molar-refractivity contribution is -0.0443. The third-order valence-corrected chi connectivity index (χ3v) is 14.2. The summed E-state index contributed by atoms with van der Waals surface area (Å²) in [5, 5.41) is 6.77. The van der Waals surface area contributed by atoms with E-state index in [9.17, 15) is 21.6 Å². The third-order valence-electron chi connectivity index (χ3n) is 10.9. The van der Waals surface area contributed by atoms with Gasteiger partial charge in [0.25, 0.3) is 0 Å². The molecule has 0 saturated carbocycles. The number of hydrogen-bond acceptors (Lipinski definition) is 5. The summed E-state index contributed by atoms with van der Waals surface area (Å²) < 4.78 is 97.6. The van der Waals surface area contributed by atoms with Crippen LogP contribution in [0.4, 0.5) is 13.2 Å². The molecule has 0 amide bonds. The highest BCUT2D eigenvalue weighted by molar-refractivity contribution is 7.95. The van der Waals surface area contributed by atoms with Gasteiger partial charge in [-0.15, -0.1) is 0 Å². The average molecular weight is 788 g/mol. The molecule has 0 atom stereocenters. The zero-order chi connectivity index (χ0) is 39.3. The summed E-state index contributed by atoms with van der Waals surface area (Å²) in [7, 11) is -11.8. The first-order valence-corrected chi connectivity index (χ1v) is 20.9. The fourth-order valence-corrected chi connectivity index (χ4v) is 10.8. The van der Waals surface area contributed by atoms with Crippen LogP contribution in [-0.2, 0) is 14.6 Å². The molecule has 1 aliphatic heterocycles. The van der Waals surface area contributed by atoms with Gasteiger partial charge in [0.15, 0.2) is 0 Å². The Morgan fingerprint density at radius 1 is 0.518 bits per heavy atom. The molecule has 0 unspecified atom stereocenters. The number of hydrogen-bond donors (Lipinski definition) is 1. The van der Waals surface area contributed by atoms with Crippen LogP contribution in [-0.4, -0.2) is 13.9 Å². The van der Waals surface area contributed by atoms with E-state index in [-0.39, 0.29) is 11.5 Å². The molecular formula is C45H33F3NO5PS. The topological polar surface area (TPSA) is 81.7 Å². The monoisotopic (exact) mass is 787 g/mol. The molecule has 1 N–H and O–H groups in total. The van der Waals surface area contributed by atoms with Crippen molar-refractivity contribution in [3.05, 3.63) is 144 Å². The van der Waals surface area contributed by atoms with E-state index >= 15 is 4.57 Å². The minimum atomic E-state index is -6.27. The summed E-state index contributed by atoms with van der Waals surface area (Å²) in [4.78, 5) is 0. The minimum Gasteiger partial charge on any atom is -0.403 e. The standard InChI is InChI=1S/C45H33F3NO5PS/c1-25-21-37(41-33-17-9-5-13-29(33)23-30-14-6-10-18-34(30)41)43-39(27(25)3)40-28(4)26(2)22-38(44(40)54-55(50,53-43)49-56(51,52)45(46,47)48)42-35-19-11-7-15-31(35)24-32-16-8-12-20-36(32)42/h5-24H,1-4H3,(H,49,50). The number of fused-ring (bicyclic) bond motifs is 7. The fraction of sp³-hybridized carbons (Fsp3) is 0.111. The van der Waals surface area contributed by atoms with Crippen molar-refractivity contribution in [3.8, 4) is 44.9 Å². The van der Waals surface area contributed by atoms with Gasteiger partial charge in [-0.25, -0.2) is 13.0 Å². The predicted molar refractivity (Wildman–Crippen MR) is 219 cm³/mol.